The molecule has 0 amide bonds. The number of aryl methyl sites for hydroxylation is 1. The van der Waals surface area contributed by atoms with E-state index < -0.39 is 0 Å². The van der Waals surface area contributed by atoms with E-state index in [4.69, 9.17) is 0 Å². The largest absolute Gasteiger partial charge is 0.286 e. The predicted octanol–water partition coefficient (Wildman–Crippen LogP) is 8.67. The first-order valence-corrected chi connectivity index (χ1v) is 16.5. The maximum atomic E-state index is 4.37. The topological polar surface area (TPSA) is 105 Å². The molecule has 1 aromatic rings. The number of amidine groups is 1. The van der Waals surface area contributed by atoms with Gasteiger partial charge in [-0.05, 0) is 73.8 Å². The molecule has 9 heteroatoms. The van der Waals surface area contributed by atoms with Gasteiger partial charge in [-0.1, -0.05) is 75.3 Å². The molecule has 0 N–H and O–H groups in total. The average molecular weight is 620 g/mol. The van der Waals surface area contributed by atoms with Gasteiger partial charge in [0.25, 0.3) is 0 Å². The van der Waals surface area contributed by atoms with E-state index in [1.54, 1.807) is 7.05 Å². The number of hydrogen-bond acceptors (Lipinski definition) is 8. The fourth-order valence-corrected chi connectivity index (χ4v) is 4.11. The van der Waals surface area contributed by atoms with Crippen LogP contribution in [0.15, 0.2) is 60.2 Å². The van der Waals surface area contributed by atoms with E-state index in [1.807, 2.05) is 27.0 Å². The zero-order valence-corrected chi connectivity index (χ0v) is 31.0. The monoisotopic (exact) mass is 620 g/mol. The van der Waals surface area contributed by atoms with Crippen LogP contribution >= 0.6 is 0 Å². The van der Waals surface area contributed by atoms with Crippen molar-refractivity contribution in [2.24, 2.45) is 55.7 Å². The molecule has 5 heterocycles. The van der Waals surface area contributed by atoms with Crippen molar-refractivity contribution in [3.05, 3.63) is 41.0 Å². The molecule has 0 atom stereocenters. The van der Waals surface area contributed by atoms with E-state index in [0.29, 0.717) is 29.6 Å². The highest BCUT2D eigenvalue weighted by molar-refractivity contribution is 6.03. The fraction of sp³-hybridized carbons (Fsp3) is 0.667. The molecule has 45 heavy (non-hydrogen) atoms. The summed E-state index contributed by atoms with van der Waals surface area (Å²) >= 11 is 0. The fourth-order valence-electron chi connectivity index (χ4n) is 4.11. The summed E-state index contributed by atoms with van der Waals surface area (Å²) < 4.78 is 0. The van der Waals surface area contributed by atoms with E-state index in [0.717, 1.165) is 37.6 Å². The van der Waals surface area contributed by atoms with Crippen molar-refractivity contribution in [3.63, 3.8) is 0 Å². The van der Waals surface area contributed by atoms with Crippen LogP contribution in [0.1, 0.15) is 122 Å². The van der Waals surface area contributed by atoms with E-state index in [9.17, 15) is 0 Å². The van der Waals surface area contributed by atoms with Crippen LogP contribution in [0, 0.1) is 23.7 Å². The summed E-state index contributed by atoms with van der Waals surface area (Å²) in [5, 5.41) is 11.5. The summed E-state index contributed by atoms with van der Waals surface area (Å²) in [6.07, 6.45) is 8.53. The lowest BCUT2D eigenvalue weighted by Gasteiger charge is -2.02. The molecule has 9 nitrogen and oxygen atoms in total. The Balaban J connectivity index is 0.000000281. The Kier molecular flexibility index (Phi) is 17.5. The molecule has 0 spiro atoms. The minimum atomic E-state index is 0.374. The first kappa shape index (κ1) is 39.7. The highest BCUT2D eigenvalue weighted by Crippen LogP contribution is 2.19. The number of aromatic nitrogens is 4. The Morgan fingerprint density at radius 3 is 1.53 bits per heavy atom. The van der Waals surface area contributed by atoms with Gasteiger partial charge in [0.1, 0.15) is 5.84 Å². The first-order valence-electron chi connectivity index (χ1n) is 16.5. The van der Waals surface area contributed by atoms with Gasteiger partial charge < -0.3 is 0 Å². The molecule has 0 radical (unpaired) electrons. The van der Waals surface area contributed by atoms with Gasteiger partial charge >= 0.3 is 0 Å². The zero-order chi connectivity index (χ0) is 34.3. The van der Waals surface area contributed by atoms with Gasteiger partial charge in [-0.25, -0.2) is 4.99 Å². The molecule has 0 fully saturated rings. The van der Waals surface area contributed by atoms with E-state index in [1.165, 1.54) is 44.5 Å². The third kappa shape index (κ3) is 16.0. The molecular weight excluding hydrogens is 558 g/mol. The summed E-state index contributed by atoms with van der Waals surface area (Å²) in [6, 6.07) is 0. The minimum absolute atomic E-state index is 0.374. The standard InChI is InChI=1S/3C8H13N.C7H12N2.C5H10N4/c2*1-6(2)8-4-7(3)9-5-8;1-6(2)8-5-4-7(3)9-8;1-5(2)7-4-8-6(3)9-7;1-4(2)5-6-8-9(3)7-5/h5-6H,4H2,1-3H3;2*4,6H,5H2,1-3H3;5H,4H2,1-3H3;4H,1-3H3. The highest BCUT2D eigenvalue weighted by atomic mass is 15.6. The number of aliphatic imine (C=N–C) groups is 5. The normalized spacial score (nSPS) is 16.7. The minimum Gasteiger partial charge on any atom is -0.286 e. The molecule has 0 unspecified atom stereocenters. The highest BCUT2D eigenvalue weighted by Gasteiger charge is 2.10. The third-order valence-electron chi connectivity index (χ3n) is 7.37. The maximum absolute atomic E-state index is 4.37. The Morgan fingerprint density at radius 1 is 0.689 bits per heavy atom. The Hall–Kier alpha value is -3.36. The van der Waals surface area contributed by atoms with Gasteiger partial charge in [-0.2, -0.15) is 4.80 Å². The molecular formula is C36H61N9. The van der Waals surface area contributed by atoms with Crippen LogP contribution < -0.4 is 0 Å². The Morgan fingerprint density at radius 2 is 1.31 bits per heavy atom. The quantitative estimate of drug-likeness (QED) is 0.329. The van der Waals surface area contributed by atoms with Crippen LogP contribution in [-0.4, -0.2) is 62.0 Å². The van der Waals surface area contributed by atoms with Crippen LogP contribution in [0.2, 0.25) is 0 Å². The van der Waals surface area contributed by atoms with Crippen molar-refractivity contribution >= 4 is 28.7 Å². The summed E-state index contributed by atoms with van der Waals surface area (Å²) in [4.78, 5) is 22.7. The maximum Gasteiger partial charge on any atom is 0.177 e. The molecule has 0 aliphatic carbocycles. The van der Waals surface area contributed by atoms with Crippen LogP contribution in [-0.2, 0) is 7.05 Å². The number of allylic oxidation sites excluding steroid dienone is 4. The predicted molar refractivity (Wildman–Crippen MR) is 195 cm³/mol. The summed E-state index contributed by atoms with van der Waals surface area (Å²) in [5.74, 6) is 4.64. The SMILES string of the molecule is CC(C)c1nnn(C)n1.CC1=CCC(C(C)C)=N1.CC1=NC=C(C(C)C)C1.CC1=NCC(C(C)C)=C1.CC1=NCC(C(C)C)=N1. The van der Waals surface area contributed by atoms with Crippen LogP contribution in [0.25, 0.3) is 0 Å². The first-order chi connectivity index (χ1) is 21.0. The molecule has 0 bridgehead atoms. The number of rotatable bonds is 5. The second-order valence-electron chi connectivity index (χ2n) is 13.5. The second kappa shape index (κ2) is 19.9. The molecule has 5 rings (SSSR count). The summed E-state index contributed by atoms with van der Waals surface area (Å²) in [5.41, 5.74) is 9.08. The molecule has 0 saturated heterocycles. The van der Waals surface area contributed by atoms with E-state index in [2.05, 4.69) is 129 Å². The van der Waals surface area contributed by atoms with Crippen molar-refractivity contribution in [3.8, 4) is 0 Å². The molecule has 0 aromatic carbocycles. The van der Waals surface area contributed by atoms with Crippen molar-refractivity contribution in [2.45, 2.75) is 116 Å². The third-order valence-corrected chi connectivity index (χ3v) is 7.37. The van der Waals surface area contributed by atoms with Gasteiger partial charge in [0.2, 0.25) is 0 Å². The lowest BCUT2D eigenvalue weighted by atomic mass is 10.0. The van der Waals surface area contributed by atoms with Gasteiger partial charge in [-0.3, -0.25) is 20.0 Å². The molecule has 0 saturated carbocycles. The lowest BCUT2D eigenvalue weighted by Crippen LogP contribution is -2.07. The van der Waals surface area contributed by atoms with Gasteiger partial charge in [0.15, 0.2) is 5.82 Å². The summed E-state index contributed by atoms with van der Waals surface area (Å²) in [7, 11) is 1.76. The van der Waals surface area contributed by atoms with Gasteiger partial charge in [0, 0.05) is 53.5 Å². The number of nitrogens with zero attached hydrogens (tertiary/aromatic N) is 9. The molecule has 250 valence electrons. The van der Waals surface area contributed by atoms with E-state index >= 15 is 0 Å². The van der Waals surface area contributed by atoms with Crippen molar-refractivity contribution in [2.75, 3.05) is 13.1 Å². The lowest BCUT2D eigenvalue weighted by molar-refractivity contribution is 0.625. The van der Waals surface area contributed by atoms with Crippen molar-refractivity contribution < 1.29 is 0 Å². The van der Waals surface area contributed by atoms with Gasteiger partial charge in [0.05, 0.1) is 20.1 Å². The molecule has 1 aromatic heterocycles. The molecule has 4 aliphatic heterocycles. The average Bonchev–Trinajstić information content (AvgIpc) is 3.78. The number of hydrogen-bond donors (Lipinski definition) is 0. The Bertz CT molecular complexity index is 1230. The van der Waals surface area contributed by atoms with Crippen LogP contribution in [0.3, 0.4) is 0 Å². The smallest absolute Gasteiger partial charge is 0.177 e. The Labute approximate surface area is 274 Å². The van der Waals surface area contributed by atoms with Crippen molar-refractivity contribution in [1.29, 1.82) is 0 Å². The summed E-state index contributed by atoms with van der Waals surface area (Å²) in [6.45, 7) is 31.4. The van der Waals surface area contributed by atoms with Gasteiger partial charge in [-0.15, -0.1) is 10.2 Å². The number of tetrazole rings is 1. The van der Waals surface area contributed by atoms with Crippen LogP contribution in [0.5, 0.6) is 0 Å². The second-order valence-corrected chi connectivity index (χ2v) is 13.5. The van der Waals surface area contributed by atoms with Crippen molar-refractivity contribution in [1.82, 2.24) is 20.2 Å². The zero-order valence-electron chi connectivity index (χ0n) is 31.0. The van der Waals surface area contributed by atoms with E-state index in [-0.39, 0.29) is 0 Å². The van der Waals surface area contributed by atoms with Crippen LogP contribution in [0.4, 0.5) is 0 Å². The molecule has 4 aliphatic rings.